The quantitative estimate of drug-likeness (QED) is 0.836. The van der Waals surface area contributed by atoms with Crippen molar-refractivity contribution in [1.82, 2.24) is 4.39 Å². The normalized spacial score (nSPS) is 13.5. The van der Waals surface area contributed by atoms with E-state index in [1.807, 2.05) is 33.9 Å². The van der Waals surface area contributed by atoms with E-state index >= 15 is 0 Å². The molecule has 0 radical (unpaired) electrons. The van der Waals surface area contributed by atoms with E-state index in [2.05, 4.69) is 9.12 Å². The molecule has 0 spiro atoms. The highest BCUT2D eigenvalue weighted by molar-refractivity contribution is 7.91. The monoisotopic (exact) mass is 337 g/mol. The average Bonchev–Trinajstić information content (AvgIpc) is 2.25. The fourth-order valence-corrected chi connectivity index (χ4v) is 6.23. The van der Waals surface area contributed by atoms with Crippen LogP contribution in [-0.2, 0) is 10.0 Å². The van der Waals surface area contributed by atoms with Crippen LogP contribution in [0.1, 0.15) is 20.8 Å². The summed E-state index contributed by atoms with van der Waals surface area (Å²) in [4.78, 5) is 0.0361. The lowest BCUT2D eigenvalue weighted by atomic mass is 10.2. The summed E-state index contributed by atoms with van der Waals surface area (Å²) in [6.07, 6.45) is 0. The van der Waals surface area contributed by atoms with Crippen LogP contribution in [-0.4, -0.2) is 23.3 Å². The summed E-state index contributed by atoms with van der Waals surface area (Å²) >= 11 is 0. The number of hydrogen-bond donors (Lipinski definition) is 1. The van der Waals surface area contributed by atoms with Crippen molar-refractivity contribution in [2.45, 2.75) is 50.4 Å². The Morgan fingerprint density at radius 1 is 1.14 bits per heavy atom. The van der Waals surface area contributed by atoms with E-state index in [4.69, 9.17) is 0 Å². The van der Waals surface area contributed by atoms with Crippen LogP contribution in [0.3, 0.4) is 0 Å². The van der Waals surface area contributed by atoms with Crippen LogP contribution >= 0.6 is 0 Å². The summed E-state index contributed by atoms with van der Waals surface area (Å²) in [6.45, 7) is 6.89. The topological polar surface area (TPSA) is 55.4 Å². The summed E-state index contributed by atoms with van der Waals surface area (Å²) in [7, 11) is -5.93. The number of ether oxygens (including phenoxy) is 1. The maximum Gasteiger partial charge on any atom is 0.387 e. The van der Waals surface area contributed by atoms with Gasteiger partial charge in [-0.3, -0.25) is 0 Å². The third-order valence-electron chi connectivity index (χ3n) is 3.62. The minimum Gasteiger partial charge on any atom is -0.435 e. The summed E-state index contributed by atoms with van der Waals surface area (Å²) in [5.74, 6) is -0.0729. The predicted octanol–water partition coefficient (Wildman–Crippen LogP) is 3.57. The molecule has 0 aromatic heterocycles. The molecule has 21 heavy (non-hydrogen) atoms. The second-order valence-corrected chi connectivity index (χ2v) is 13.4. The van der Waals surface area contributed by atoms with Crippen LogP contribution in [0.2, 0.25) is 18.1 Å². The molecule has 4 nitrogen and oxygen atoms in total. The minimum absolute atomic E-state index is 0.0361. The number of alkyl halides is 2. The second-order valence-electron chi connectivity index (χ2n) is 6.33. The Morgan fingerprint density at radius 3 is 2.00 bits per heavy atom. The molecule has 0 saturated heterocycles. The Labute approximate surface area is 125 Å². The molecule has 0 aliphatic heterocycles. The third kappa shape index (κ3) is 4.75. The van der Waals surface area contributed by atoms with Crippen LogP contribution in [0.25, 0.3) is 0 Å². The highest BCUT2D eigenvalue weighted by Crippen LogP contribution is 2.34. The molecule has 8 heteroatoms. The first-order chi connectivity index (χ1) is 9.35. The van der Waals surface area contributed by atoms with E-state index in [9.17, 15) is 17.2 Å². The van der Waals surface area contributed by atoms with E-state index in [1.54, 1.807) is 0 Å². The SMILES string of the molecule is CC(C)(C)[Si](C)(C)NS(=O)(=O)c1ccc(OC(F)F)cc1. The Hall–Kier alpha value is -0.993. The molecular formula is C13H21F2NO3SSi. The van der Waals surface area contributed by atoms with Gasteiger partial charge in [0, 0.05) is 0 Å². The molecule has 0 aliphatic rings. The molecule has 0 fully saturated rings. The summed E-state index contributed by atoms with van der Waals surface area (Å²) in [6, 6.07) is 4.94. The molecule has 120 valence electrons. The molecule has 0 bridgehead atoms. The predicted molar refractivity (Wildman–Crippen MR) is 80.6 cm³/mol. The van der Waals surface area contributed by atoms with Crippen molar-refractivity contribution >= 4 is 18.3 Å². The first-order valence-corrected chi connectivity index (χ1v) is 10.9. The number of benzene rings is 1. The number of sulfonamides is 1. The van der Waals surface area contributed by atoms with Gasteiger partial charge in [0.1, 0.15) is 14.0 Å². The number of hydrogen-bond acceptors (Lipinski definition) is 3. The molecule has 0 heterocycles. The minimum atomic E-state index is -3.68. The molecule has 0 saturated carbocycles. The van der Waals surface area contributed by atoms with Gasteiger partial charge in [0.05, 0.1) is 4.90 Å². The van der Waals surface area contributed by atoms with Crippen molar-refractivity contribution in [3.63, 3.8) is 0 Å². The first-order valence-electron chi connectivity index (χ1n) is 6.44. The van der Waals surface area contributed by atoms with Gasteiger partial charge < -0.3 is 4.74 Å². The van der Waals surface area contributed by atoms with Crippen LogP contribution < -0.4 is 9.12 Å². The Morgan fingerprint density at radius 2 is 1.62 bits per heavy atom. The van der Waals surface area contributed by atoms with Gasteiger partial charge in [-0.15, -0.1) is 0 Å². The van der Waals surface area contributed by atoms with Crippen molar-refractivity contribution in [1.29, 1.82) is 0 Å². The zero-order valence-corrected chi connectivity index (χ0v) is 14.6. The van der Waals surface area contributed by atoms with Crippen LogP contribution in [0.5, 0.6) is 5.75 Å². The third-order valence-corrected chi connectivity index (χ3v) is 11.4. The van der Waals surface area contributed by atoms with E-state index in [0.29, 0.717) is 0 Å². The van der Waals surface area contributed by atoms with Gasteiger partial charge in [0.15, 0.2) is 0 Å². The van der Waals surface area contributed by atoms with Crippen LogP contribution in [0.15, 0.2) is 29.2 Å². The fourth-order valence-electron chi connectivity index (χ4n) is 1.35. The highest BCUT2D eigenvalue weighted by atomic mass is 32.2. The number of nitrogens with one attached hydrogen (secondary N) is 1. The van der Waals surface area contributed by atoms with Gasteiger partial charge in [-0.25, -0.2) is 12.8 Å². The first kappa shape index (κ1) is 18.1. The summed E-state index contributed by atoms with van der Waals surface area (Å²) < 4.78 is 55.8. The lowest BCUT2D eigenvalue weighted by Gasteiger charge is -2.36. The largest absolute Gasteiger partial charge is 0.435 e. The maximum atomic E-state index is 12.4. The number of rotatable bonds is 5. The van der Waals surface area contributed by atoms with Crippen molar-refractivity contribution < 1.29 is 21.9 Å². The van der Waals surface area contributed by atoms with Gasteiger partial charge >= 0.3 is 6.61 Å². The van der Waals surface area contributed by atoms with Crippen molar-refractivity contribution in [2.75, 3.05) is 0 Å². The van der Waals surface area contributed by atoms with E-state index in [-0.39, 0.29) is 15.7 Å². The van der Waals surface area contributed by atoms with Crippen LogP contribution in [0, 0.1) is 0 Å². The van der Waals surface area contributed by atoms with Gasteiger partial charge in [-0.2, -0.15) is 8.78 Å². The van der Waals surface area contributed by atoms with Crippen molar-refractivity contribution in [3.05, 3.63) is 24.3 Å². The molecule has 0 aliphatic carbocycles. The maximum absolute atomic E-state index is 12.4. The highest BCUT2D eigenvalue weighted by Gasteiger charge is 2.39. The summed E-state index contributed by atoms with van der Waals surface area (Å²) in [5.41, 5.74) is 0. The molecule has 1 aromatic rings. The molecule has 0 atom stereocenters. The smallest absolute Gasteiger partial charge is 0.387 e. The Balaban J connectivity index is 2.99. The average molecular weight is 337 g/mol. The second kappa shape index (κ2) is 6.02. The van der Waals surface area contributed by atoms with Crippen molar-refractivity contribution in [3.8, 4) is 5.75 Å². The molecular weight excluding hydrogens is 316 g/mol. The Bertz CT molecular complexity index is 580. The van der Waals surface area contributed by atoms with E-state index in [1.165, 1.54) is 24.3 Å². The summed E-state index contributed by atoms with van der Waals surface area (Å²) in [5, 5.41) is -0.154. The molecule has 1 aromatic carbocycles. The van der Waals surface area contributed by atoms with Crippen molar-refractivity contribution in [2.24, 2.45) is 0 Å². The van der Waals surface area contributed by atoms with Crippen LogP contribution in [0.4, 0.5) is 8.78 Å². The lowest BCUT2D eigenvalue weighted by Crippen LogP contribution is -2.54. The molecule has 0 unspecified atom stereocenters. The molecule has 1 rings (SSSR count). The standard InChI is InChI=1S/C13H21F2NO3SSi/c1-13(2,3)21(4,5)16-20(17,18)11-8-6-10(7-9-11)19-12(14)15/h6-9,12,16H,1-5H3. The number of halogens is 2. The Kier molecular flexibility index (Phi) is 5.17. The lowest BCUT2D eigenvalue weighted by molar-refractivity contribution is -0.0498. The van der Waals surface area contributed by atoms with E-state index < -0.39 is 24.9 Å². The van der Waals surface area contributed by atoms with E-state index in [0.717, 1.165) is 0 Å². The fraction of sp³-hybridized carbons (Fsp3) is 0.538. The van der Waals surface area contributed by atoms with Gasteiger partial charge in [0.25, 0.3) is 0 Å². The van der Waals surface area contributed by atoms with Gasteiger partial charge in [0.2, 0.25) is 10.0 Å². The zero-order chi connectivity index (χ0) is 16.5. The van der Waals surface area contributed by atoms with Gasteiger partial charge in [-0.05, 0) is 29.3 Å². The zero-order valence-electron chi connectivity index (χ0n) is 12.8. The van der Waals surface area contributed by atoms with Gasteiger partial charge in [-0.1, -0.05) is 33.9 Å². The molecule has 1 N–H and O–H groups in total. The molecule has 0 amide bonds.